The first-order valence-electron chi connectivity index (χ1n) is 4.42. The highest BCUT2D eigenvalue weighted by atomic mass is 79.9. The summed E-state index contributed by atoms with van der Waals surface area (Å²) in [4.78, 5) is 14.8. The van der Waals surface area contributed by atoms with Crippen molar-refractivity contribution in [2.24, 2.45) is 4.99 Å². The third kappa shape index (κ3) is 4.53. The second-order valence-corrected chi connectivity index (χ2v) is 4.22. The van der Waals surface area contributed by atoms with Crippen LogP contribution in [0.15, 0.2) is 15.7 Å². The van der Waals surface area contributed by atoms with Gasteiger partial charge in [0.1, 0.15) is 12.5 Å². The van der Waals surface area contributed by atoms with Gasteiger partial charge in [-0.2, -0.15) is 0 Å². The molecule has 0 bridgehead atoms. The van der Waals surface area contributed by atoms with Crippen molar-refractivity contribution in [2.75, 3.05) is 19.8 Å². The zero-order chi connectivity index (χ0) is 11.3. The number of nitrogens with zero attached hydrogens (tertiary/aromatic N) is 2. The molecule has 0 radical (unpaired) electrons. The Morgan fingerprint density at radius 3 is 3.07 bits per heavy atom. The van der Waals surface area contributed by atoms with E-state index < -0.39 is 0 Å². The molecule has 0 aromatic heterocycles. The number of halogens is 2. The molecule has 1 aliphatic rings. The molecule has 0 saturated heterocycles. The van der Waals surface area contributed by atoms with Crippen LogP contribution >= 0.6 is 27.7 Å². The van der Waals surface area contributed by atoms with Crippen LogP contribution in [0.4, 0.5) is 0 Å². The van der Waals surface area contributed by atoms with Crippen LogP contribution in [0, 0.1) is 0 Å². The number of nitrogens with one attached hydrogen (secondary N) is 2. The molecule has 1 amide bonds. The van der Waals surface area contributed by atoms with Crippen LogP contribution in [-0.2, 0) is 4.79 Å². The molecule has 1 heterocycles. The molecule has 7 heteroatoms. The maximum atomic E-state index is 10.6. The average molecular weight is 296 g/mol. The summed E-state index contributed by atoms with van der Waals surface area (Å²) in [6.07, 6.45) is 1.73. The lowest BCUT2D eigenvalue weighted by atomic mass is 10.4. The predicted molar refractivity (Wildman–Crippen MR) is 63.7 cm³/mol. The molecule has 0 atom stereocenters. The van der Waals surface area contributed by atoms with Gasteiger partial charge in [0.25, 0.3) is 0 Å². The fourth-order valence-electron chi connectivity index (χ4n) is 0.999. The van der Waals surface area contributed by atoms with Crippen molar-refractivity contribution in [3.63, 3.8) is 0 Å². The summed E-state index contributed by atoms with van der Waals surface area (Å²) >= 11 is 9.05. The van der Waals surface area contributed by atoms with Crippen molar-refractivity contribution < 1.29 is 4.79 Å². The van der Waals surface area contributed by atoms with Crippen LogP contribution < -0.4 is 10.6 Å². The van der Waals surface area contributed by atoms with Crippen LogP contribution in [-0.4, -0.2) is 35.9 Å². The molecule has 0 fully saturated rings. The summed E-state index contributed by atoms with van der Waals surface area (Å²) < 4.78 is 2.25. The summed E-state index contributed by atoms with van der Waals surface area (Å²) in [5.74, 6) is 0.709. The predicted octanol–water partition coefficient (Wildman–Crippen LogP) is 0.774. The van der Waals surface area contributed by atoms with Crippen LogP contribution in [0.1, 0.15) is 6.92 Å². The Kier molecular flexibility index (Phi) is 4.90. The largest absolute Gasteiger partial charge is 0.368 e. The van der Waals surface area contributed by atoms with E-state index in [1.54, 1.807) is 6.20 Å². The van der Waals surface area contributed by atoms with Gasteiger partial charge < -0.3 is 10.6 Å². The number of hydrogen-bond donors (Lipinski definition) is 2. The Bertz CT molecular complexity index is 305. The van der Waals surface area contributed by atoms with Gasteiger partial charge in [-0.05, 0) is 15.9 Å². The summed E-state index contributed by atoms with van der Waals surface area (Å²) in [6, 6.07) is 0. The first-order chi connectivity index (χ1) is 7.09. The zero-order valence-corrected chi connectivity index (χ0v) is 10.6. The van der Waals surface area contributed by atoms with E-state index in [2.05, 4.69) is 31.6 Å². The third-order valence-corrected chi connectivity index (χ3v) is 2.42. The molecule has 1 aliphatic heterocycles. The summed E-state index contributed by atoms with van der Waals surface area (Å²) in [5, 5.41) is 5.76. The van der Waals surface area contributed by atoms with E-state index in [9.17, 15) is 4.79 Å². The highest BCUT2D eigenvalue weighted by molar-refractivity contribution is 9.12. The highest BCUT2D eigenvalue weighted by Crippen LogP contribution is 2.14. The van der Waals surface area contributed by atoms with Crippen molar-refractivity contribution in [1.82, 2.24) is 15.1 Å². The van der Waals surface area contributed by atoms with Crippen molar-refractivity contribution in [3.8, 4) is 0 Å². The number of carbonyl (C=O) groups excluding carboxylic acids is 1. The molecule has 2 N–H and O–H groups in total. The van der Waals surface area contributed by atoms with Gasteiger partial charge in [0, 0.05) is 38.0 Å². The smallest absolute Gasteiger partial charge is 0.216 e. The van der Waals surface area contributed by atoms with E-state index in [0.29, 0.717) is 19.8 Å². The van der Waals surface area contributed by atoms with Crippen LogP contribution in [0.3, 0.4) is 0 Å². The Morgan fingerprint density at radius 2 is 2.47 bits per heavy atom. The molecule has 0 aromatic carbocycles. The lowest BCUT2D eigenvalue weighted by Gasteiger charge is -2.17. The number of aliphatic imine (C=N–C) groups is 1. The van der Waals surface area contributed by atoms with E-state index in [4.69, 9.17) is 11.8 Å². The monoisotopic (exact) mass is 294 g/mol. The summed E-state index contributed by atoms with van der Waals surface area (Å²) in [6.45, 7) is 3.10. The molecule has 1 rings (SSSR count). The number of hydrogen-bond acceptors (Lipinski definition) is 4. The topological polar surface area (TPSA) is 56.7 Å². The van der Waals surface area contributed by atoms with Crippen molar-refractivity contribution in [2.45, 2.75) is 6.92 Å². The molecule has 0 aliphatic carbocycles. The van der Waals surface area contributed by atoms with Gasteiger partial charge in [0.15, 0.2) is 0 Å². The fraction of sp³-hybridized carbons (Fsp3) is 0.500. The standard InChI is InChI=1S/C8H12BrClN4O/c1-6(15)11-2-3-12-8-7(9)4-14(10)5-13-8/h4H,2-3,5H2,1H3,(H,11,15)(H,12,13). The molecular formula is C8H12BrClN4O. The lowest BCUT2D eigenvalue weighted by Crippen LogP contribution is -2.35. The van der Waals surface area contributed by atoms with E-state index >= 15 is 0 Å². The Hall–Kier alpha value is -0.750. The molecule has 0 aromatic rings. The Labute approximate surface area is 102 Å². The maximum Gasteiger partial charge on any atom is 0.216 e. The van der Waals surface area contributed by atoms with Gasteiger partial charge in [0.05, 0.1) is 4.48 Å². The fourth-order valence-corrected chi connectivity index (χ4v) is 1.78. The second-order valence-electron chi connectivity index (χ2n) is 2.93. The van der Waals surface area contributed by atoms with Crippen molar-refractivity contribution >= 4 is 39.4 Å². The molecular weight excluding hydrogens is 283 g/mol. The molecule has 0 unspecified atom stereocenters. The quantitative estimate of drug-likeness (QED) is 0.597. The number of amides is 1. The first kappa shape index (κ1) is 12.3. The van der Waals surface area contributed by atoms with Gasteiger partial charge in [-0.3, -0.25) is 9.21 Å². The lowest BCUT2D eigenvalue weighted by molar-refractivity contribution is -0.118. The van der Waals surface area contributed by atoms with E-state index in [1.165, 1.54) is 11.3 Å². The minimum Gasteiger partial charge on any atom is -0.368 e. The van der Waals surface area contributed by atoms with Crippen molar-refractivity contribution in [3.05, 3.63) is 10.7 Å². The molecule has 5 nitrogen and oxygen atoms in total. The van der Waals surface area contributed by atoms with Gasteiger partial charge in [0.2, 0.25) is 5.91 Å². The number of rotatable bonds is 3. The minimum atomic E-state index is -0.0380. The Morgan fingerprint density at radius 1 is 1.73 bits per heavy atom. The average Bonchev–Trinajstić information content (AvgIpc) is 2.14. The SMILES string of the molecule is CC(=O)NCCNC1=NCN(Cl)C=C1Br. The van der Waals surface area contributed by atoms with Crippen LogP contribution in [0.25, 0.3) is 0 Å². The van der Waals surface area contributed by atoms with Crippen molar-refractivity contribution in [1.29, 1.82) is 0 Å². The summed E-state index contributed by atoms with van der Waals surface area (Å²) in [5.41, 5.74) is 0. The molecule has 0 saturated carbocycles. The maximum absolute atomic E-state index is 10.6. The molecule has 84 valence electrons. The van der Waals surface area contributed by atoms with Gasteiger partial charge in [-0.15, -0.1) is 0 Å². The van der Waals surface area contributed by atoms with Gasteiger partial charge >= 0.3 is 0 Å². The van der Waals surface area contributed by atoms with Crippen LogP contribution in [0.5, 0.6) is 0 Å². The molecule has 15 heavy (non-hydrogen) atoms. The first-order valence-corrected chi connectivity index (χ1v) is 5.55. The normalized spacial score (nSPS) is 15.5. The van der Waals surface area contributed by atoms with E-state index in [1.807, 2.05) is 0 Å². The number of amidine groups is 1. The summed E-state index contributed by atoms with van der Waals surface area (Å²) in [7, 11) is 0. The molecule has 0 spiro atoms. The van der Waals surface area contributed by atoms with Gasteiger partial charge in [-0.25, -0.2) is 4.99 Å². The highest BCUT2D eigenvalue weighted by Gasteiger charge is 2.10. The van der Waals surface area contributed by atoms with Crippen LogP contribution in [0.2, 0.25) is 0 Å². The minimum absolute atomic E-state index is 0.0380. The zero-order valence-electron chi connectivity index (χ0n) is 8.26. The second kappa shape index (κ2) is 5.97. The van der Waals surface area contributed by atoms with Gasteiger partial charge in [-0.1, -0.05) is 0 Å². The Balaban J connectivity index is 2.28. The van der Waals surface area contributed by atoms with E-state index in [0.717, 1.165) is 10.3 Å². The van der Waals surface area contributed by atoms with E-state index in [-0.39, 0.29) is 5.91 Å². The third-order valence-electron chi connectivity index (χ3n) is 1.63. The number of carbonyl (C=O) groups is 1.